The number of alkyl halides is 1. The summed E-state index contributed by atoms with van der Waals surface area (Å²) in [6.07, 6.45) is 0. The number of hydrogen-bond donors (Lipinski definition) is 1. The molecule has 1 rings (SSSR count). The summed E-state index contributed by atoms with van der Waals surface area (Å²) >= 11 is 5.36. The predicted octanol–water partition coefficient (Wildman–Crippen LogP) is 0.417. The summed E-state index contributed by atoms with van der Waals surface area (Å²) in [5, 5.41) is 8.79. The summed E-state index contributed by atoms with van der Waals surface area (Å²) < 4.78 is 21.8. The third kappa shape index (κ3) is 13.0. The van der Waals surface area contributed by atoms with Gasteiger partial charge in [0.1, 0.15) is 16.5 Å². The van der Waals surface area contributed by atoms with Gasteiger partial charge in [-0.05, 0) is 5.56 Å². The van der Waals surface area contributed by atoms with Gasteiger partial charge in [0, 0.05) is 0 Å². The molecular weight excluding hydrogens is 390 g/mol. The average molecular weight is 399 g/mol. The maximum absolute atomic E-state index is 9.29. The predicted molar refractivity (Wildman–Crippen MR) is 56.3 cm³/mol. The van der Waals surface area contributed by atoms with E-state index >= 15 is 0 Å². The fourth-order valence-electron chi connectivity index (χ4n) is 0.680. The second kappa shape index (κ2) is 11.8. The molecule has 0 radical (unpaired) electrons. The van der Waals surface area contributed by atoms with Crippen molar-refractivity contribution < 1.29 is 55.6 Å². The van der Waals surface area contributed by atoms with Crippen molar-refractivity contribution in [3.8, 4) is 0 Å². The van der Waals surface area contributed by atoms with E-state index in [1.165, 1.54) is 0 Å². The van der Waals surface area contributed by atoms with Crippen LogP contribution in [0.4, 0.5) is 0 Å². The van der Waals surface area contributed by atoms with Gasteiger partial charge >= 0.3 is 27.3 Å². The Morgan fingerprint density at radius 1 is 1.18 bits per heavy atom. The Morgan fingerprint density at radius 3 is 1.76 bits per heavy atom. The molecule has 3 unspecified atom stereocenters. The van der Waals surface area contributed by atoms with Gasteiger partial charge in [-0.3, -0.25) is 4.31 Å². The van der Waals surface area contributed by atoms with Crippen LogP contribution >= 0.6 is 28.1 Å². The molecule has 0 aliphatic heterocycles. The average Bonchev–Trinajstić information content (AvgIpc) is 2.17. The van der Waals surface area contributed by atoms with Crippen LogP contribution in [0.15, 0.2) is 30.3 Å². The Morgan fingerprint density at radius 2 is 1.59 bits per heavy atom. The molecule has 0 fully saturated rings. The molecule has 10 heteroatoms. The molecule has 0 spiro atoms. The van der Waals surface area contributed by atoms with Crippen molar-refractivity contribution in [3.05, 3.63) is 35.9 Å². The van der Waals surface area contributed by atoms with Gasteiger partial charge in [0.25, 0.3) is 0 Å². The van der Waals surface area contributed by atoms with Crippen LogP contribution in [0.25, 0.3) is 0 Å². The zero-order valence-electron chi connectivity index (χ0n) is 8.54. The Balaban J connectivity index is 0. The van der Waals surface area contributed by atoms with Crippen molar-refractivity contribution >= 4 is 28.1 Å². The molecular formula is C7H9CdClO6P2. The Hall–Kier alpha value is 0.732. The normalized spacial score (nSPS) is 14.6. The smallest absolute Gasteiger partial charge is 0.781 e. The molecule has 1 N–H and O–H groups in total. The number of aliphatic hydroxyl groups is 1. The second-order valence-electron chi connectivity index (χ2n) is 2.35. The zero-order chi connectivity index (χ0) is 12.6. The second-order valence-corrected chi connectivity index (χ2v) is 4.58. The van der Waals surface area contributed by atoms with Gasteiger partial charge in [-0.1, -0.05) is 41.9 Å². The molecule has 0 bridgehead atoms. The third-order valence-corrected chi connectivity index (χ3v) is 2.83. The molecule has 0 aromatic heterocycles. The molecule has 1 aromatic rings. The van der Waals surface area contributed by atoms with Crippen molar-refractivity contribution in [2.45, 2.75) is 5.56 Å². The van der Waals surface area contributed by atoms with Crippen LogP contribution in [0, 0.1) is 0 Å². The number of aliphatic hydroxyl groups excluding tert-OH is 1. The molecule has 3 atom stereocenters. The van der Waals surface area contributed by atoms with Crippen LogP contribution in [0.1, 0.15) is 11.1 Å². The van der Waals surface area contributed by atoms with E-state index < -0.39 is 22.1 Å². The fraction of sp³-hybridized carbons (Fsp3) is 0.143. The van der Waals surface area contributed by atoms with Crippen molar-refractivity contribution in [3.63, 3.8) is 0 Å². The summed E-state index contributed by atoms with van der Waals surface area (Å²) in [5.74, 6) is 0. The van der Waals surface area contributed by atoms with E-state index in [-0.39, 0.29) is 27.3 Å². The molecule has 0 heterocycles. The van der Waals surface area contributed by atoms with Crippen molar-refractivity contribution in [1.82, 2.24) is 0 Å². The molecule has 92 valence electrons. The van der Waals surface area contributed by atoms with E-state index in [0.717, 1.165) is 5.56 Å². The van der Waals surface area contributed by atoms with Gasteiger partial charge in [-0.15, -0.1) is 0 Å². The molecule has 17 heavy (non-hydrogen) atoms. The minimum Gasteiger partial charge on any atom is -0.781 e. The molecule has 6 nitrogen and oxygen atoms in total. The largest absolute Gasteiger partial charge is 2.00 e. The molecule has 0 aliphatic rings. The number of rotatable bonds is 3. The van der Waals surface area contributed by atoms with Gasteiger partial charge in [-0.25, -0.2) is 0 Å². The Bertz CT molecular complexity index is 337. The van der Waals surface area contributed by atoms with Gasteiger partial charge in [0.15, 0.2) is 5.56 Å². The quantitative estimate of drug-likeness (QED) is 0.448. The number of benzene rings is 1. The summed E-state index contributed by atoms with van der Waals surface area (Å²) in [6.45, 7) is 0. The number of halogens is 1. The topological polar surface area (TPSA) is 110 Å². The molecule has 0 aliphatic carbocycles. The van der Waals surface area contributed by atoms with Crippen LogP contribution in [-0.4, -0.2) is 5.11 Å². The third-order valence-electron chi connectivity index (χ3n) is 1.24. The molecule has 0 saturated carbocycles. The van der Waals surface area contributed by atoms with Gasteiger partial charge < -0.3 is 24.0 Å². The van der Waals surface area contributed by atoms with Crippen LogP contribution in [-0.2, 0) is 40.7 Å². The van der Waals surface area contributed by atoms with E-state index in [1.807, 2.05) is 18.2 Å². The summed E-state index contributed by atoms with van der Waals surface area (Å²) in [5.41, 5.74) is -0.134. The minimum absolute atomic E-state index is 0. The monoisotopic (exact) mass is 400 g/mol. The summed E-state index contributed by atoms with van der Waals surface area (Å²) in [6, 6.07) is 9.10. The standard InChI is InChI=1S/C7H7ClO.Cd.H4O5P2/c8-7(9)6-4-2-1-3-5-6;;1-6(2)5-7(3)4/h1-5,7,9H;;6-7H,(H,1,2)(H,3,4)/q;+2;/p-2. The summed E-state index contributed by atoms with van der Waals surface area (Å²) in [7, 11) is -7.03. The first-order chi connectivity index (χ1) is 7.43. The molecule has 1 aromatic carbocycles. The van der Waals surface area contributed by atoms with Crippen LogP contribution < -0.4 is 9.79 Å². The summed E-state index contributed by atoms with van der Waals surface area (Å²) in [4.78, 5) is 18.6. The first-order valence-electron chi connectivity index (χ1n) is 3.90. The van der Waals surface area contributed by atoms with Gasteiger partial charge in [0.05, 0.1) is 0 Å². The van der Waals surface area contributed by atoms with Crippen molar-refractivity contribution in [2.24, 2.45) is 0 Å². The zero-order valence-corrected chi connectivity index (χ0v) is 15.3. The van der Waals surface area contributed by atoms with Crippen molar-refractivity contribution in [2.75, 3.05) is 0 Å². The fourth-order valence-corrected chi connectivity index (χ4v) is 1.37. The van der Waals surface area contributed by atoms with Crippen LogP contribution in [0.2, 0.25) is 0 Å². The maximum Gasteiger partial charge on any atom is 2.00 e. The van der Waals surface area contributed by atoms with E-state index in [1.54, 1.807) is 12.1 Å². The Kier molecular flexibility index (Phi) is 13.9. The van der Waals surface area contributed by atoms with E-state index in [4.69, 9.17) is 16.7 Å². The molecule has 0 amide bonds. The SMILES string of the molecule is O=[PH]([O-])O[PH](=O)[O-].OC(Cl)c1ccccc1.[Cd+2]. The van der Waals surface area contributed by atoms with E-state index in [0.29, 0.717) is 0 Å². The first kappa shape index (κ1) is 20.1. The first-order valence-corrected chi connectivity index (χ1v) is 6.79. The minimum atomic E-state index is -3.51. The van der Waals surface area contributed by atoms with Crippen LogP contribution in [0.5, 0.6) is 0 Å². The van der Waals surface area contributed by atoms with Crippen LogP contribution in [0.3, 0.4) is 0 Å². The van der Waals surface area contributed by atoms with Gasteiger partial charge in [0.2, 0.25) is 0 Å². The molecule has 0 saturated heterocycles. The van der Waals surface area contributed by atoms with Crippen molar-refractivity contribution in [1.29, 1.82) is 0 Å². The Labute approximate surface area is 125 Å². The maximum atomic E-state index is 9.29. The number of hydrogen-bond acceptors (Lipinski definition) is 6. The van der Waals surface area contributed by atoms with Gasteiger partial charge in [-0.2, -0.15) is 0 Å². The van der Waals surface area contributed by atoms with E-state index in [9.17, 15) is 18.9 Å². The van der Waals surface area contributed by atoms with E-state index in [2.05, 4.69) is 4.31 Å².